The zero-order chi connectivity index (χ0) is 19.1. The number of nitrogens with zero attached hydrogens (tertiary/aromatic N) is 1. The van der Waals surface area contributed by atoms with Crippen LogP contribution in [0.4, 0.5) is 10.1 Å². The number of benzene rings is 2. The first-order valence-electron chi connectivity index (χ1n) is 8.52. The topological polar surface area (TPSA) is 84.0 Å². The molecule has 3 rings (SSSR count). The van der Waals surface area contributed by atoms with E-state index in [1.165, 1.54) is 24.3 Å². The molecule has 0 atom stereocenters. The van der Waals surface area contributed by atoms with Gasteiger partial charge in [0.15, 0.2) is 17.5 Å². The van der Waals surface area contributed by atoms with Gasteiger partial charge in [0.25, 0.3) is 0 Å². The Hall–Kier alpha value is -2.56. The monoisotopic (exact) mass is 500 g/mol. The minimum absolute atomic E-state index is 0. The molecule has 1 heterocycles. The molecule has 0 radical (unpaired) electrons. The van der Waals surface area contributed by atoms with E-state index >= 15 is 0 Å². The fourth-order valence-electron chi connectivity index (χ4n) is 2.54. The summed E-state index contributed by atoms with van der Waals surface area (Å²) in [5.74, 6) is 1.44. The van der Waals surface area contributed by atoms with Gasteiger partial charge in [-0.1, -0.05) is 6.07 Å². The van der Waals surface area contributed by atoms with Crippen LogP contribution in [0.15, 0.2) is 47.5 Å². The van der Waals surface area contributed by atoms with Gasteiger partial charge in [-0.3, -0.25) is 9.79 Å². The second kappa shape index (κ2) is 10.7. The summed E-state index contributed by atoms with van der Waals surface area (Å²) >= 11 is 0. The number of carbonyl (C=O) groups is 1. The van der Waals surface area contributed by atoms with Crippen LogP contribution in [0, 0.1) is 5.82 Å². The Bertz CT molecular complexity index is 830. The summed E-state index contributed by atoms with van der Waals surface area (Å²) in [7, 11) is 1.63. The van der Waals surface area contributed by atoms with E-state index in [4.69, 9.17) is 9.47 Å². The zero-order valence-electron chi connectivity index (χ0n) is 15.3. The molecule has 0 saturated carbocycles. The fourth-order valence-corrected chi connectivity index (χ4v) is 2.54. The average Bonchev–Trinajstić information content (AvgIpc) is 3.14. The summed E-state index contributed by atoms with van der Waals surface area (Å²) < 4.78 is 23.5. The third-order valence-corrected chi connectivity index (χ3v) is 3.91. The highest BCUT2D eigenvalue weighted by molar-refractivity contribution is 14.0. The lowest BCUT2D eigenvalue weighted by atomic mass is 10.1. The number of rotatable bonds is 6. The van der Waals surface area contributed by atoms with E-state index < -0.39 is 0 Å². The van der Waals surface area contributed by atoms with Crippen molar-refractivity contribution in [3.05, 3.63) is 53.8 Å². The molecule has 1 aliphatic heterocycles. The van der Waals surface area contributed by atoms with Crippen molar-refractivity contribution >= 4 is 41.5 Å². The van der Waals surface area contributed by atoms with E-state index in [9.17, 15) is 9.18 Å². The maximum absolute atomic E-state index is 12.9. The molecular weight excluding hydrogens is 478 g/mol. The third-order valence-electron chi connectivity index (χ3n) is 3.91. The van der Waals surface area contributed by atoms with E-state index in [1.54, 1.807) is 7.05 Å². The number of fused-ring (bicyclic) bond motifs is 1. The summed E-state index contributed by atoms with van der Waals surface area (Å²) in [5, 5.41) is 8.76. The molecule has 1 aliphatic rings. The molecule has 0 spiro atoms. The van der Waals surface area contributed by atoms with Crippen LogP contribution in [0.2, 0.25) is 0 Å². The van der Waals surface area contributed by atoms with Crippen molar-refractivity contribution in [2.75, 3.05) is 32.2 Å². The molecule has 0 fully saturated rings. The molecule has 3 N–H and O–H groups in total. The minimum Gasteiger partial charge on any atom is -0.454 e. The van der Waals surface area contributed by atoms with Crippen LogP contribution < -0.4 is 25.4 Å². The first-order chi connectivity index (χ1) is 13.1. The molecule has 1 amide bonds. The highest BCUT2D eigenvalue weighted by Crippen LogP contribution is 2.32. The van der Waals surface area contributed by atoms with Crippen LogP contribution in [0.25, 0.3) is 0 Å². The van der Waals surface area contributed by atoms with Crippen LogP contribution >= 0.6 is 24.0 Å². The summed E-state index contributed by atoms with van der Waals surface area (Å²) in [6.45, 7) is 0.938. The van der Waals surface area contributed by atoms with Gasteiger partial charge in [-0.05, 0) is 48.4 Å². The Morgan fingerprint density at radius 2 is 1.86 bits per heavy atom. The summed E-state index contributed by atoms with van der Waals surface area (Å²) in [6.07, 6.45) is 0.763. The van der Waals surface area contributed by atoms with Crippen molar-refractivity contribution in [2.24, 2.45) is 4.99 Å². The van der Waals surface area contributed by atoms with Crippen molar-refractivity contribution < 1.29 is 18.7 Å². The van der Waals surface area contributed by atoms with Gasteiger partial charge in [-0.25, -0.2) is 4.39 Å². The lowest BCUT2D eigenvalue weighted by Crippen LogP contribution is -2.42. The smallest absolute Gasteiger partial charge is 0.243 e. The predicted molar refractivity (Wildman–Crippen MR) is 116 cm³/mol. The van der Waals surface area contributed by atoms with Crippen molar-refractivity contribution in [1.82, 2.24) is 10.6 Å². The van der Waals surface area contributed by atoms with E-state index in [0.29, 0.717) is 18.2 Å². The van der Waals surface area contributed by atoms with Crippen molar-refractivity contribution in [2.45, 2.75) is 6.42 Å². The number of amides is 1. The molecule has 0 unspecified atom stereocenters. The molecule has 7 nitrogen and oxygen atoms in total. The number of nitrogens with one attached hydrogen (secondary N) is 3. The lowest BCUT2D eigenvalue weighted by Gasteiger charge is -2.12. The third kappa shape index (κ3) is 6.25. The summed E-state index contributed by atoms with van der Waals surface area (Å²) in [4.78, 5) is 16.0. The van der Waals surface area contributed by atoms with E-state index in [1.807, 2.05) is 18.2 Å². The number of ether oxygens (including phenoxy) is 2. The normalized spacial score (nSPS) is 12.1. The maximum Gasteiger partial charge on any atom is 0.243 e. The van der Waals surface area contributed by atoms with Gasteiger partial charge in [0, 0.05) is 19.3 Å². The molecule has 9 heteroatoms. The number of carbonyl (C=O) groups excluding carboxylic acids is 1. The number of hydrogen-bond acceptors (Lipinski definition) is 4. The number of hydrogen-bond donors (Lipinski definition) is 3. The van der Waals surface area contributed by atoms with Crippen molar-refractivity contribution in [3.8, 4) is 11.5 Å². The Kier molecular flexibility index (Phi) is 8.30. The Balaban J connectivity index is 0.00000280. The summed E-state index contributed by atoms with van der Waals surface area (Å²) in [6, 6.07) is 11.4. The maximum atomic E-state index is 12.9. The van der Waals surface area contributed by atoms with E-state index in [0.717, 1.165) is 23.5 Å². The van der Waals surface area contributed by atoms with Gasteiger partial charge >= 0.3 is 0 Å². The quantitative estimate of drug-likeness (QED) is 0.323. The van der Waals surface area contributed by atoms with E-state index in [-0.39, 0.29) is 49.0 Å². The zero-order valence-corrected chi connectivity index (χ0v) is 17.7. The SMILES string of the molecule is CN=C(NCCc1ccc2c(c1)OCO2)NCC(=O)Nc1ccc(F)cc1.I. The van der Waals surface area contributed by atoms with Crippen LogP contribution in [-0.2, 0) is 11.2 Å². The average molecular weight is 500 g/mol. The predicted octanol–water partition coefficient (Wildman–Crippen LogP) is 2.52. The molecule has 28 heavy (non-hydrogen) atoms. The second-order valence-corrected chi connectivity index (χ2v) is 5.85. The van der Waals surface area contributed by atoms with Gasteiger partial charge in [0.2, 0.25) is 12.7 Å². The van der Waals surface area contributed by atoms with Gasteiger partial charge in [0.1, 0.15) is 5.82 Å². The highest BCUT2D eigenvalue weighted by atomic mass is 127. The van der Waals surface area contributed by atoms with Gasteiger partial charge in [-0.15, -0.1) is 24.0 Å². The number of anilines is 1. The number of aliphatic imine (C=N–C) groups is 1. The first-order valence-corrected chi connectivity index (χ1v) is 8.52. The van der Waals surface area contributed by atoms with E-state index in [2.05, 4.69) is 20.9 Å². The molecule has 150 valence electrons. The largest absolute Gasteiger partial charge is 0.454 e. The van der Waals surface area contributed by atoms with Gasteiger partial charge < -0.3 is 25.4 Å². The number of guanidine groups is 1. The van der Waals surface area contributed by atoms with Crippen molar-refractivity contribution in [1.29, 1.82) is 0 Å². The molecule has 2 aromatic carbocycles. The summed E-state index contributed by atoms with van der Waals surface area (Å²) in [5.41, 5.74) is 1.64. The van der Waals surface area contributed by atoms with Crippen molar-refractivity contribution in [3.63, 3.8) is 0 Å². The van der Waals surface area contributed by atoms with Crippen LogP contribution in [-0.4, -0.2) is 38.8 Å². The second-order valence-electron chi connectivity index (χ2n) is 5.85. The molecule has 0 aromatic heterocycles. The first kappa shape index (κ1) is 21.7. The lowest BCUT2D eigenvalue weighted by molar-refractivity contribution is -0.115. The Labute approximate surface area is 179 Å². The number of halogens is 2. The van der Waals surface area contributed by atoms with Crippen LogP contribution in [0.5, 0.6) is 11.5 Å². The highest BCUT2D eigenvalue weighted by Gasteiger charge is 2.13. The molecule has 0 aliphatic carbocycles. The van der Waals surface area contributed by atoms with Gasteiger partial charge in [0.05, 0.1) is 6.54 Å². The molecule has 2 aromatic rings. The molecule has 0 bridgehead atoms. The van der Waals surface area contributed by atoms with Gasteiger partial charge in [-0.2, -0.15) is 0 Å². The minimum atomic E-state index is -0.349. The Morgan fingerprint density at radius 1 is 1.11 bits per heavy atom. The molecule has 0 saturated heterocycles. The van der Waals surface area contributed by atoms with Crippen LogP contribution in [0.1, 0.15) is 5.56 Å². The molecular formula is C19H22FIN4O3. The van der Waals surface area contributed by atoms with Crippen LogP contribution in [0.3, 0.4) is 0 Å². The Morgan fingerprint density at radius 3 is 2.61 bits per heavy atom. The fraction of sp³-hybridized carbons (Fsp3) is 0.263. The standard InChI is InChI=1S/C19H21FN4O3.HI/c1-21-19(23-11-18(25)24-15-5-3-14(20)4-6-15)22-9-8-13-2-7-16-17(10-13)27-12-26-16;/h2-7,10H,8-9,11-12H2,1H3,(H,24,25)(H2,21,22,23);1H.